The van der Waals surface area contributed by atoms with Crippen LogP contribution < -0.4 is 16.0 Å². The standard InChI is InChI=1S/C15H21N3O2/c19-14(17-9-7-12-6-8-16-10-12)11-18-15(20)13-4-2-1-3-5-13/h1-5,12,16H,6-11H2,(H,17,19)(H,18,20). The van der Waals surface area contributed by atoms with Crippen LogP contribution in [0.2, 0.25) is 0 Å². The van der Waals surface area contributed by atoms with Crippen molar-refractivity contribution in [1.29, 1.82) is 0 Å². The summed E-state index contributed by atoms with van der Waals surface area (Å²) < 4.78 is 0. The summed E-state index contributed by atoms with van der Waals surface area (Å²) in [6.07, 6.45) is 2.17. The van der Waals surface area contributed by atoms with E-state index >= 15 is 0 Å². The van der Waals surface area contributed by atoms with E-state index in [2.05, 4.69) is 16.0 Å². The molecule has 0 spiro atoms. The molecule has 108 valence electrons. The second kappa shape index (κ2) is 7.65. The van der Waals surface area contributed by atoms with E-state index in [1.807, 2.05) is 6.07 Å². The first-order valence-electron chi connectivity index (χ1n) is 7.06. The lowest BCUT2D eigenvalue weighted by Gasteiger charge is -2.10. The molecule has 1 fully saturated rings. The maximum atomic E-state index is 11.7. The molecule has 0 aliphatic carbocycles. The summed E-state index contributed by atoms with van der Waals surface area (Å²) in [5.74, 6) is 0.301. The molecule has 1 unspecified atom stereocenters. The van der Waals surface area contributed by atoms with Gasteiger partial charge in [-0.05, 0) is 44.0 Å². The van der Waals surface area contributed by atoms with E-state index in [-0.39, 0.29) is 18.4 Å². The number of hydrogen-bond donors (Lipinski definition) is 3. The number of rotatable bonds is 6. The van der Waals surface area contributed by atoms with Crippen LogP contribution in [0.15, 0.2) is 30.3 Å². The fourth-order valence-corrected chi connectivity index (χ4v) is 2.29. The van der Waals surface area contributed by atoms with Gasteiger partial charge in [0.2, 0.25) is 5.91 Å². The number of hydrogen-bond acceptors (Lipinski definition) is 3. The third-order valence-corrected chi connectivity index (χ3v) is 3.48. The smallest absolute Gasteiger partial charge is 0.251 e. The highest BCUT2D eigenvalue weighted by molar-refractivity contribution is 5.96. The van der Waals surface area contributed by atoms with Crippen molar-refractivity contribution in [1.82, 2.24) is 16.0 Å². The molecule has 2 amide bonds. The second-order valence-electron chi connectivity index (χ2n) is 5.05. The van der Waals surface area contributed by atoms with Gasteiger partial charge in [0.15, 0.2) is 0 Å². The van der Waals surface area contributed by atoms with Gasteiger partial charge in [-0.15, -0.1) is 0 Å². The van der Waals surface area contributed by atoms with Crippen LogP contribution >= 0.6 is 0 Å². The molecule has 5 nitrogen and oxygen atoms in total. The van der Waals surface area contributed by atoms with Gasteiger partial charge in [0.1, 0.15) is 0 Å². The summed E-state index contributed by atoms with van der Waals surface area (Å²) in [6, 6.07) is 8.89. The van der Waals surface area contributed by atoms with Crippen molar-refractivity contribution in [3.05, 3.63) is 35.9 Å². The quantitative estimate of drug-likeness (QED) is 0.709. The Morgan fingerprint density at radius 3 is 2.70 bits per heavy atom. The van der Waals surface area contributed by atoms with Gasteiger partial charge >= 0.3 is 0 Å². The molecule has 0 bridgehead atoms. The van der Waals surface area contributed by atoms with Crippen LogP contribution in [0.4, 0.5) is 0 Å². The van der Waals surface area contributed by atoms with Crippen molar-refractivity contribution in [3.63, 3.8) is 0 Å². The Morgan fingerprint density at radius 1 is 1.20 bits per heavy atom. The molecule has 1 aliphatic heterocycles. The Morgan fingerprint density at radius 2 is 2.00 bits per heavy atom. The third kappa shape index (κ3) is 4.66. The number of carbonyl (C=O) groups excluding carboxylic acids is 2. The largest absolute Gasteiger partial charge is 0.355 e. The lowest BCUT2D eigenvalue weighted by atomic mass is 10.1. The fourth-order valence-electron chi connectivity index (χ4n) is 2.29. The molecule has 1 aromatic rings. The summed E-state index contributed by atoms with van der Waals surface area (Å²) in [5.41, 5.74) is 0.567. The molecule has 0 saturated carbocycles. The van der Waals surface area contributed by atoms with Gasteiger partial charge < -0.3 is 16.0 Å². The van der Waals surface area contributed by atoms with E-state index in [1.165, 1.54) is 6.42 Å². The summed E-state index contributed by atoms with van der Waals surface area (Å²) in [5, 5.41) is 8.75. The summed E-state index contributed by atoms with van der Waals surface area (Å²) in [6.45, 7) is 2.81. The topological polar surface area (TPSA) is 70.2 Å². The first kappa shape index (κ1) is 14.5. The number of amides is 2. The summed E-state index contributed by atoms with van der Waals surface area (Å²) >= 11 is 0. The van der Waals surface area contributed by atoms with E-state index in [0.717, 1.165) is 19.5 Å². The third-order valence-electron chi connectivity index (χ3n) is 3.48. The minimum atomic E-state index is -0.222. The highest BCUT2D eigenvalue weighted by Crippen LogP contribution is 2.10. The Bertz CT molecular complexity index is 442. The first-order valence-corrected chi connectivity index (χ1v) is 7.06. The Hall–Kier alpha value is -1.88. The maximum Gasteiger partial charge on any atom is 0.251 e. The zero-order chi connectivity index (χ0) is 14.2. The van der Waals surface area contributed by atoms with E-state index < -0.39 is 0 Å². The van der Waals surface area contributed by atoms with Crippen molar-refractivity contribution in [2.24, 2.45) is 5.92 Å². The van der Waals surface area contributed by atoms with Gasteiger partial charge in [0, 0.05) is 12.1 Å². The number of nitrogens with one attached hydrogen (secondary N) is 3. The number of benzene rings is 1. The van der Waals surface area contributed by atoms with Crippen molar-refractivity contribution < 1.29 is 9.59 Å². The van der Waals surface area contributed by atoms with Gasteiger partial charge in [-0.3, -0.25) is 9.59 Å². The normalized spacial score (nSPS) is 17.7. The molecular formula is C15H21N3O2. The van der Waals surface area contributed by atoms with E-state index in [4.69, 9.17) is 0 Å². The molecule has 1 aromatic carbocycles. The van der Waals surface area contributed by atoms with Crippen LogP contribution in [0.25, 0.3) is 0 Å². The Kier molecular flexibility index (Phi) is 5.55. The van der Waals surface area contributed by atoms with Crippen LogP contribution in [-0.2, 0) is 4.79 Å². The highest BCUT2D eigenvalue weighted by Gasteiger charge is 2.14. The second-order valence-corrected chi connectivity index (χ2v) is 5.05. The molecule has 1 heterocycles. The Balaban J connectivity index is 1.61. The molecule has 1 aliphatic rings. The van der Waals surface area contributed by atoms with Crippen molar-refractivity contribution in [2.75, 3.05) is 26.2 Å². The minimum Gasteiger partial charge on any atom is -0.355 e. The predicted molar refractivity (Wildman–Crippen MR) is 77.4 cm³/mol. The SMILES string of the molecule is O=C(CNC(=O)c1ccccc1)NCCC1CCNC1. The fraction of sp³-hybridized carbons (Fsp3) is 0.467. The average Bonchev–Trinajstić information content (AvgIpc) is 2.99. The van der Waals surface area contributed by atoms with Gasteiger partial charge in [-0.1, -0.05) is 18.2 Å². The highest BCUT2D eigenvalue weighted by atomic mass is 16.2. The lowest BCUT2D eigenvalue weighted by molar-refractivity contribution is -0.120. The summed E-state index contributed by atoms with van der Waals surface area (Å²) in [7, 11) is 0. The van der Waals surface area contributed by atoms with Crippen molar-refractivity contribution >= 4 is 11.8 Å². The van der Waals surface area contributed by atoms with Crippen LogP contribution in [0.5, 0.6) is 0 Å². The van der Waals surface area contributed by atoms with Gasteiger partial charge in [0.05, 0.1) is 6.54 Å². The molecule has 0 radical (unpaired) electrons. The zero-order valence-electron chi connectivity index (χ0n) is 11.5. The molecular weight excluding hydrogens is 254 g/mol. The zero-order valence-corrected chi connectivity index (χ0v) is 11.5. The van der Waals surface area contributed by atoms with Crippen LogP contribution in [-0.4, -0.2) is 38.0 Å². The minimum absolute atomic E-state index is 0.0244. The van der Waals surface area contributed by atoms with Gasteiger partial charge in [-0.2, -0.15) is 0 Å². The van der Waals surface area contributed by atoms with Crippen LogP contribution in [0.1, 0.15) is 23.2 Å². The Labute approximate surface area is 119 Å². The molecule has 0 aromatic heterocycles. The number of carbonyl (C=O) groups is 2. The molecule has 3 N–H and O–H groups in total. The molecule has 1 saturated heterocycles. The van der Waals surface area contributed by atoms with Crippen LogP contribution in [0.3, 0.4) is 0 Å². The van der Waals surface area contributed by atoms with E-state index in [0.29, 0.717) is 18.0 Å². The van der Waals surface area contributed by atoms with Crippen molar-refractivity contribution in [2.45, 2.75) is 12.8 Å². The lowest BCUT2D eigenvalue weighted by Crippen LogP contribution is -2.37. The first-order chi connectivity index (χ1) is 9.75. The molecule has 2 rings (SSSR count). The summed E-state index contributed by atoms with van der Waals surface area (Å²) in [4.78, 5) is 23.3. The van der Waals surface area contributed by atoms with Crippen molar-refractivity contribution in [3.8, 4) is 0 Å². The molecule has 1 atom stereocenters. The monoisotopic (exact) mass is 275 g/mol. The van der Waals surface area contributed by atoms with E-state index in [9.17, 15) is 9.59 Å². The van der Waals surface area contributed by atoms with Gasteiger partial charge in [0.25, 0.3) is 5.91 Å². The maximum absolute atomic E-state index is 11.7. The van der Waals surface area contributed by atoms with E-state index in [1.54, 1.807) is 24.3 Å². The predicted octanol–water partition coefficient (Wildman–Crippen LogP) is 0.532. The average molecular weight is 275 g/mol. The molecule has 20 heavy (non-hydrogen) atoms. The van der Waals surface area contributed by atoms with Gasteiger partial charge in [-0.25, -0.2) is 0 Å². The van der Waals surface area contributed by atoms with Crippen LogP contribution in [0, 0.1) is 5.92 Å². The molecule has 5 heteroatoms.